The first-order valence-electron chi connectivity index (χ1n) is 9.97. The molecule has 28 heavy (non-hydrogen) atoms. The molecule has 0 spiro atoms. The van der Waals surface area contributed by atoms with E-state index in [0.717, 1.165) is 38.3 Å². The molecule has 2 aromatic carbocycles. The standard InChI is InChI=1S/C23H24F3NO/c24-20-13-22(26)21(25)11-16(20)12-23(28)17-9-18-7-4-8-19(10-17)27(18)14-15-5-2-1-3-6-15/h1-3,5-6,11,13,17-19H,4,7-10,12,14H2. The van der Waals surface area contributed by atoms with E-state index < -0.39 is 17.5 Å². The van der Waals surface area contributed by atoms with E-state index in [-0.39, 0.29) is 23.7 Å². The summed E-state index contributed by atoms with van der Waals surface area (Å²) in [7, 11) is 0. The van der Waals surface area contributed by atoms with Crippen LogP contribution < -0.4 is 0 Å². The van der Waals surface area contributed by atoms with Gasteiger partial charge in [0.25, 0.3) is 0 Å². The fourth-order valence-electron chi connectivity index (χ4n) is 4.83. The molecule has 2 bridgehead atoms. The largest absolute Gasteiger partial charge is 0.299 e. The lowest BCUT2D eigenvalue weighted by Gasteiger charge is -2.48. The number of Topliss-reactive ketones (excluding diaryl/α,β-unsaturated/α-hetero) is 1. The molecule has 0 N–H and O–H groups in total. The van der Waals surface area contributed by atoms with Crippen molar-refractivity contribution in [3.63, 3.8) is 0 Å². The first-order valence-corrected chi connectivity index (χ1v) is 9.97. The molecule has 2 atom stereocenters. The van der Waals surface area contributed by atoms with Crippen molar-refractivity contribution in [3.05, 3.63) is 71.0 Å². The van der Waals surface area contributed by atoms with Crippen molar-refractivity contribution in [2.45, 2.75) is 57.2 Å². The third-order valence-corrected chi connectivity index (χ3v) is 6.24. The van der Waals surface area contributed by atoms with Crippen molar-refractivity contribution in [2.24, 2.45) is 5.92 Å². The topological polar surface area (TPSA) is 20.3 Å². The van der Waals surface area contributed by atoms with Crippen molar-refractivity contribution in [1.82, 2.24) is 4.90 Å². The molecule has 0 radical (unpaired) electrons. The molecule has 0 aliphatic carbocycles. The number of hydrogen-bond donors (Lipinski definition) is 0. The average molecular weight is 387 g/mol. The first-order chi connectivity index (χ1) is 13.5. The van der Waals surface area contributed by atoms with Gasteiger partial charge in [-0.2, -0.15) is 0 Å². The van der Waals surface area contributed by atoms with Gasteiger partial charge in [-0.3, -0.25) is 9.69 Å². The smallest absolute Gasteiger partial charge is 0.161 e. The fraction of sp³-hybridized carbons (Fsp3) is 0.435. The van der Waals surface area contributed by atoms with Gasteiger partial charge in [0.1, 0.15) is 11.6 Å². The molecule has 2 heterocycles. The van der Waals surface area contributed by atoms with Crippen LogP contribution in [-0.2, 0) is 17.8 Å². The van der Waals surface area contributed by atoms with Gasteiger partial charge in [0.15, 0.2) is 11.6 Å². The van der Waals surface area contributed by atoms with Crippen molar-refractivity contribution >= 4 is 5.78 Å². The number of fused-ring (bicyclic) bond motifs is 2. The van der Waals surface area contributed by atoms with Gasteiger partial charge in [-0.05, 0) is 42.9 Å². The number of nitrogens with zero attached hydrogens (tertiary/aromatic N) is 1. The van der Waals surface area contributed by atoms with Crippen LogP contribution >= 0.6 is 0 Å². The molecule has 2 saturated heterocycles. The summed E-state index contributed by atoms with van der Waals surface area (Å²) in [5.74, 6) is -3.40. The van der Waals surface area contributed by atoms with Gasteiger partial charge in [0, 0.05) is 37.0 Å². The number of carbonyl (C=O) groups is 1. The Hall–Kier alpha value is -2.14. The van der Waals surface area contributed by atoms with E-state index in [9.17, 15) is 18.0 Å². The van der Waals surface area contributed by atoms with E-state index in [4.69, 9.17) is 0 Å². The van der Waals surface area contributed by atoms with Crippen LogP contribution in [-0.4, -0.2) is 22.8 Å². The van der Waals surface area contributed by atoms with Gasteiger partial charge in [0.2, 0.25) is 0 Å². The molecule has 5 heteroatoms. The maximum Gasteiger partial charge on any atom is 0.161 e. The van der Waals surface area contributed by atoms with E-state index >= 15 is 0 Å². The summed E-state index contributed by atoms with van der Waals surface area (Å²) in [5, 5.41) is 0. The summed E-state index contributed by atoms with van der Waals surface area (Å²) in [6.07, 6.45) is 4.63. The Morgan fingerprint density at radius 1 is 0.929 bits per heavy atom. The predicted octanol–water partition coefficient (Wildman–Crippen LogP) is 5.05. The van der Waals surface area contributed by atoms with Gasteiger partial charge in [0.05, 0.1) is 0 Å². The lowest BCUT2D eigenvalue weighted by molar-refractivity contribution is -0.126. The minimum atomic E-state index is -1.22. The zero-order valence-electron chi connectivity index (χ0n) is 15.7. The molecule has 2 fully saturated rings. The lowest BCUT2D eigenvalue weighted by atomic mass is 9.75. The number of halogens is 3. The number of ketones is 1. The first kappa shape index (κ1) is 19.2. The van der Waals surface area contributed by atoms with Crippen LogP contribution in [0.5, 0.6) is 0 Å². The predicted molar refractivity (Wildman–Crippen MR) is 101 cm³/mol. The Bertz CT molecular complexity index is 840. The van der Waals surface area contributed by atoms with E-state index in [2.05, 4.69) is 17.0 Å². The third-order valence-electron chi connectivity index (χ3n) is 6.24. The van der Waals surface area contributed by atoms with Gasteiger partial charge in [-0.25, -0.2) is 13.2 Å². The fourth-order valence-corrected chi connectivity index (χ4v) is 4.83. The minimum Gasteiger partial charge on any atom is -0.299 e. The SMILES string of the molecule is O=C(Cc1cc(F)c(F)cc1F)C1CC2CCCC(C1)N2Cc1ccccc1. The maximum atomic E-state index is 13.9. The summed E-state index contributed by atoms with van der Waals surface area (Å²) in [5.41, 5.74) is 1.22. The van der Waals surface area contributed by atoms with Crippen LogP contribution in [0.1, 0.15) is 43.2 Å². The maximum absolute atomic E-state index is 13.9. The highest BCUT2D eigenvalue weighted by Crippen LogP contribution is 2.38. The molecule has 4 rings (SSSR count). The number of carbonyl (C=O) groups excluding carboxylic acids is 1. The molecular weight excluding hydrogens is 363 g/mol. The minimum absolute atomic E-state index is 0.0548. The summed E-state index contributed by atoms with van der Waals surface area (Å²) in [6.45, 7) is 0.884. The lowest BCUT2D eigenvalue weighted by Crippen LogP contribution is -2.52. The van der Waals surface area contributed by atoms with Gasteiger partial charge in [-0.1, -0.05) is 36.8 Å². The second kappa shape index (κ2) is 8.08. The van der Waals surface area contributed by atoms with Crippen LogP contribution in [0.2, 0.25) is 0 Å². The quantitative estimate of drug-likeness (QED) is 0.669. The van der Waals surface area contributed by atoms with Gasteiger partial charge in [-0.15, -0.1) is 0 Å². The monoisotopic (exact) mass is 387 g/mol. The van der Waals surface area contributed by atoms with Crippen molar-refractivity contribution in [1.29, 1.82) is 0 Å². The van der Waals surface area contributed by atoms with E-state index in [0.29, 0.717) is 18.2 Å². The zero-order chi connectivity index (χ0) is 19.7. The van der Waals surface area contributed by atoms with Gasteiger partial charge < -0.3 is 0 Å². The van der Waals surface area contributed by atoms with E-state index in [1.165, 1.54) is 12.0 Å². The van der Waals surface area contributed by atoms with Crippen LogP contribution in [0.15, 0.2) is 42.5 Å². The molecule has 2 aliphatic heterocycles. The van der Waals surface area contributed by atoms with Crippen molar-refractivity contribution in [2.75, 3.05) is 0 Å². The number of hydrogen-bond acceptors (Lipinski definition) is 2. The number of piperidine rings is 2. The summed E-state index contributed by atoms with van der Waals surface area (Å²) in [4.78, 5) is 15.3. The molecular formula is C23H24F3NO. The second-order valence-electron chi connectivity index (χ2n) is 8.07. The highest BCUT2D eigenvalue weighted by molar-refractivity contribution is 5.83. The molecule has 148 valence electrons. The molecule has 0 aromatic heterocycles. The Balaban J connectivity index is 1.45. The van der Waals surface area contributed by atoms with E-state index in [1.807, 2.05) is 18.2 Å². The molecule has 2 aliphatic rings. The average Bonchev–Trinajstić information content (AvgIpc) is 2.66. The van der Waals surface area contributed by atoms with Crippen molar-refractivity contribution in [3.8, 4) is 0 Å². The molecule has 2 unspecified atom stereocenters. The normalized spacial score (nSPS) is 24.9. The Morgan fingerprint density at radius 2 is 1.57 bits per heavy atom. The van der Waals surface area contributed by atoms with Gasteiger partial charge >= 0.3 is 0 Å². The summed E-state index contributed by atoms with van der Waals surface area (Å²) >= 11 is 0. The van der Waals surface area contributed by atoms with Crippen LogP contribution in [0.4, 0.5) is 13.2 Å². The van der Waals surface area contributed by atoms with Crippen LogP contribution in [0, 0.1) is 23.4 Å². The Kier molecular flexibility index (Phi) is 5.54. The highest BCUT2D eigenvalue weighted by atomic mass is 19.2. The second-order valence-corrected chi connectivity index (χ2v) is 8.07. The van der Waals surface area contributed by atoms with E-state index in [1.54, 1.807) is 0 Å². The van der Waals surface area contributed by atoms with Crippen LogP contribution in [0.25, 0.3) is 0 Å². The number of benzene rings is 2. The summed E-state index contributed by atoms with van der Waals surface area (Å²) in [6, 6.07) is 12.4. The van der Waals surface area contributed by atoms with Crippen molar-refractivity contribution < 1.29 is 18.0 Å². The zero-order valence-corrected chi connectivity index (χ0v) is 15.7. The van der Waals surface area contributed by atoms with Crippen LogP contribution in [0.3, 0.4) is 0 Å². The number of rotatable bonds is 5. The Morgan fingerprint density at radius 3 is 2.25 bits per heavy atom. The summed E-state index contributed by atoms with van der Waals surface area (Å²) < 4.78 is 40.5. The third kappa shape index (κ3) is 4.00. The molecule has 2 aromatic rings. The Labute approximate surface area is 163 Å². The highest BCUT2D eigenvalue weighted by Gasteiger charge is 2.40. The molecule has 2 nitrogen and oxygen atoms in total. The molecule has 0 saturated carbocycles. The molecule has 0 amide bonds.